The third-order valence-electron chi connectivity index (χ3n) is 7.62. The van der Waals surface area contributed by atoms with Crippen molar-refractivity contribution in [3.8, 4) is 0 Å². The maximum Gasteiger partial charge on any atom is 0.416 e. The summed E-state index contributed by atoms with van der Waals surface area (Å²) in [5.41, 5.74) is 3.09. The van der Waals surface area contributed by atoms with Gasteiger partial charge in [0.05, 0.1) is 11.5 Å². The van der Waals surface area contributed by atoms with Crippen molar-refractivity contribution in [2.45, 2.75) is 77.1 Å². The third-order valence-corrected chi connectivity index (χ3v) is 7.62. The number of nitrogens with zero attached hydrogens (tertiary/aromatic N) is 2. The van der Waals surface area contributed by atoms with Crippen LogP contribution in [-0.2, 0) is 28.8 Å². The summed E-state index contributed by atoms with van der Waals surface area (Å²) >= 11 is 0. The van der Waals surface area contributed by atoms with E-state index < -0.39 is 23.8 Å². The molecule has 1 aliphatic carbocycles. The Labute approximate surface area is 216 Å². The first-order chi connectivity index (χ1) is 17.7. The minimum Gasteiger partial charge on any atom is -0.481 e. The Morgan fingerprint density at radius 3 is 2.41 bits per heavy atom. The number of alkyl halides is 3. The van der Waals surface area contributed by atoms with E-state index in [1.54, 1.807) is 19.1 Å². The van der Waals surface area contributed by atoms with E-state index in [0.717, 1.165) is 55.2 Å². The lowest BCUT2D eigenvalue weighted by Crippen LogP contribution is -2.49. The highest BCUT2D eigenvalue weighted by Gasteiger charge is 2.37. The predicted octanol–water partition coefficient (Wildman–Crippen LogP) is 6.94. The summed E-state index contributed by atoms with van der Waals surface area (Å²) in [5.74, 6) is -1.17. The van der Waals surface area contributed by atoms with Gasteiger partial charge in [0.15, 0.2) is 6.10 Å². The maximum absolute atomic E-state index is 14.2. The molecule has 1 N–H and O–H groups in total. The van der Waals surface area contributed by atoms with E-state index in [1.165, 1.54) is 12.3 Å². The van der Waals surface area contributed by atoms with Gasteiger partial charge in [-0.15, -0.1) is 0 Å². The molecule has 8 heteroatoms. The fraction of sp³-hybridized carbons (Fsp3) is 0.517. The summed E-state index contributed by atoms with van der Waals surface area (Å²) in [7, 11) is 0. The molecule has 0 bridgehead atoms. The summed E-state index contributed by atoms with van der Waals surface area (Å²) in [6, 6.07) is 10.4. The smallest absolute Gasteiger partial charge is 0.416 e. The number of halogens is 3. The van der Waals surface area contributed by atoms with Gasteiger partial charge in [-0.25, -0.2) is 0 Å². The molecule has 37 heavy (non-hydrogen) atoms. The number of benzene rings is 2. The van der Waals surface area contributed by atoms with Crippen molar-refractivity contribution in [3.05, 3.63) is 69.8 Å². The monoisotopic (exact) mass is 516 g/mol. The largest absolute Gasteiger partial charge is 0.481 e. The van der Waals surface area contributed by atoms with Crippen molar-refractivity contribution in [2.24, 2.45) is 11.1 Å². The molecule has 2 aromatic carbocycles. The number of aryl methyl sites for hydroxylation is 1. The van der Waals surface area contributed by atoms with E-state index in [-0.39, 0.29) is 11.8 Å². The second kappa shape index (κ2) is 11.7. The van der Waals surface area contributed by atoms with Gasteiger partial charge in [0.25, 0.3) is 0 Å². The van der Waals surface area contributed by atoms with Crippen molar-refractivity contribution in [3.63, 3.8) is 0 Å². The summed E-state index contributed by atoms with van der Waals surface area (Å²) in [5, 5.41) is 13.1. The summed E-state index contributed by atoms with van der Waals surface area (Å²) < 4.78 is 42.6. The van der Waals surface area contributed by atoms with Gasteiger partial charge < -0.3 is 9.94 Å². The van der Waals surface area contributed by atoms with Crippen LogP contribution in [0.1, 0.15) is 91.4 Å². The molecule has 2 aliphatic rings. The lowest BCUT2D eigenvalue weighted by molar-refractivity contribution is -0.147. The van der Waals surface area contributed by atoms with Crippen molar-refractivity contribution < 1.29 is 27.9 Å². The number of carbonyl (C=O) groups is 1. The topological polar surface area (TPSA) is 62.1 Å². The molecule has 1 atom stereocenters. The molecule has 5 nitrogen and oxygen atoms in total. The summed E-state index contributed by atoms with van der Waals surface area (Å²) in [6.07, 6.45) is 1.55. The Bertz CT molecular complexity index is 1120. The zero-order chi connectivity index (χ0) is 26.6. The van der Waals surface area contributed by atoms with E-state index in [0.29, 0.717) is 30.8 Å². The minimum absolute atomic E-state index is 0.0688. The van der Waals surface area contributed by atoms with Gasteiger partial charge in [-0.1, -0.05) is 61.7 Å². The van der Waals surface area contributed by atoms with Crippen LogP contribution in [0.2, 0.25) is 0 Å². The van der Waals surface area contributed by atoms with Crippen LogP contribution in [0, 0.1) is 5.92 Å². The molecular weight excluding hydrogens is 481 g/mol. The highest BCUT2D eigenvalue weighted by molar-refractivity contribution is 5.71. The molecule has 0 spiro atoms. The van der Waals surface area contributed by atoms with Gasteiger partial charge >= 0.3 is 12.1 Å². The second-order valence-corrected chi connectivity index (χ2v) is 10.1. The van der Waals surface area contributed by atoms with Crippen LogP contribution >= 0.6 is 0 Å². The van der Waals surface area contributed by atoms with E-state index in [9.17, 15) is 18.0 Å². The van der Waals surface area contributed by atoms with Gasteiger partial charge in [-0.3, -0.25) is 9.69 Å². The molecule has 0 aromatic heterocycles. The van der Waals surface area contributed by atoms with Crippen LogP contribution in [0.3, 0.4) is 0 Å². The van der Waals surface area contributed by atoms with Crippen molar-refractivity contribution in [1.29, 1.82) is 0 Å². The van der Waals surface area contributed by atoms with Crippen molar-refractivity contribution in [2.75, 3.05) is 13.1 Å². The quantitative estimate of drug-likeness (QED) is 0.290. The molecule has 2 fully saturated rings. The van der Waals surface area contributed by atoms with E-state index in [4.69, 9.17) is 9.94 Å². The van der Waals surface area contributed by atoms with Gasteiger partial charge in [-0.2, -0.15) is 13.2 Å². The highest BCUT2D eigenvalue weighted by Crippen LogP contribution is 2.42. The summed E-state index contributed by atoms with van der Waals surface area (Å²) in [6.45, 7) is 5.40. The first-order valence-corrected chi connectivity index (χ1v) is 13.1. The Kier molecular flexibility index (Phi) is 8.57. The number of likely N-dealkylation sites (tertiary alicyclic amines) is 1. The number of hydrogen-bond donors (Lipinski definition) is 1. The van der Waals surface area contributed by atoms with E-state index in [1.807, 2.05) is 25.1 Å². The van der Waals surface area contributed by atoms with Crippen LogP contribution in [0.15, 0.2) is 41.6 Å². The first-order valence-electron chi connectivity index (χ1n) is 13.1. The molecule has 1 saturated carbocycles. The lowest BCUT2D eigenvalue weighted by Gasteiger charge is -2.37. The fourth-order valence-corrected chi connectivity index (χ4v) is 5.58. The van der Waals surface area contributed by atoms with Crippen LogP contribution in [0.4, 0.5) is 13.2 Å². The molecular formula is C29H35F3N2O3. The van der Waals surface area contributed by atoms with Crippen molar-refractivity contribution >= 4 is 12.2 Å². The molecule has 1 unspecified atom stereocenters. The highest BCUT2D eigenvalue weighted by atomic mass is 19.4. The Balaban J connectivity index is 1.64. The fourth-order valence-electron chi connectivity index (χ4n) is 5.58. The summed E-state index contributed by atoms with van der Waals surface area (Å²) in [4.78, 5) is 18.9. The van der Waals surface area contributed by atoms with Crippen molar-refractivity contribution in [1.82, 2.24) is 4.90 Å². The normalized spacial score (nSPS) is 18.6. The maximum atomic E-state index is 14.2. The van der Waals surface area contributed by atoms with Gasteiger partial charge in [0.1, 0.15) is 0 Å². The number of carboxylic acid groups (broad SMARTS) is 1. The number of hydrogen-bond acceptors (Lipinski definition) is 4. The SMILES string of the molecule is C/C=N/OC(c1ccc(CN2CC(C(=O)O)C2)c(CC)c1)c1ccc(C2CCCCC2)c(C(F)(F)F)c1. The van der Waals surface area contributed by atoms with E-state index in [2.05, 4.69) is 10.1 Å². The van der Waals surface area contributed by atoms with Crippen LogP contribution in [-0.4, -0.2) is 35.3 Å². The number of aliphatic carboxylic acids is 1. The number of carboxylic acids is 1. The lowest BCUT2D eigenvalue weighted by atomic mass is 9.81. The Morgan fingerprint density at radius 1 is 1.11 bits per heavy atom. The van der Waals surface area contributed by atoms with Crippen LogP contribution in [0.25, 0.3) is 0 Å². The predicted molar refractivity (Wildman–Crippen MR) is 137 cm³/mol. The molecule has 2 aromatic rings. The Morgan fingerprint density at radius 2 is 1.78 bits per heavy atom. The molecule has 1 aliphatic heterocycles. The molecule has 200 valence electrons. The molecule has 1 heterocycles. The third kappa shape index (κ3) is 6.35. The number of oxime groups is 1. The van der Waals surface area contributed by atoms with Crippen LogP contribution in [0.5, 0.6) is 0 Å². The first kappa shape index (κ1) is 27.2. The van der Waals surface area contributed by atoms with Crippen LogP contribution < -0.4 is 0 Å². The molecule has 4 rings (SSSR count). The van der Waals surface area contributed by atoms with E-state index >= 15 is 0 Å². The average molecular weight is 517 g/mol. The average Bonchev–Trinajstić information content (AvgIpc) is 2.86. The second-order valence-electron chi connectivity index (χ2n) is 10.1. The standard InChI is InChI=1S/C29H35F3N2O3/c1-3-19-14-21(10-11-23(19)16-34-17-24(18-34)28(35)36)27(37-33-4-2)22-12-13-25(20-8-6-5-7-9-20)26(15-22)29(30,31)32/h4,10-15,20,24,27H,3,5-9,16-18H2,1-2H3,(H,35,36)/b33-4+. The number of rotatable bonds is 9. The molecule has 0 amide bonds. The molecule has 1 saturated heterocycles. The van der Waals surface area contributed by atoms with Gasteiger partial charge in [-0.05, 0) is 60.4 Å². The minimum atomic E-state index is -4.45. The Hall–Kier alpha value is -2.87. The zero-order valence-electron chi connectivity index (χ0n) is 21.4. The van der Waals surface area contributed by atoms with Gasteiger partial charge in [0.2, 0.25) is 0 Å². The molecule has 0 radical (unpaired) electrons. The zero-order valence-corrected chi connectivity index (χ0v) is 21.4. The van der Waals surface area contributed by atoms with Gasteiger partial charge in [0, 0.05) is 31.4 Å².